The zero-order valence-electron chi connectivity index (χ0n) is 13.2. The second-order valence-corrected chi connectivity index (χ2v) is 5.36. The summed E-state index contributed by atoms with van der Waals surface area (Å²) in [5, 5.41) is 21.8. The minimum absolute atomic E-state index is 0. The fourth-order valence-corrected chi connectivity index (χ4v) is 2.52. The second-order valence-electron chi connectivity index (χ2n) is 5.36. The van der Waals surface area contributed by atoms with Crippen LogP contribution in [0.5, 0.6) is 0 Å². The van der Waals surface area contributed by atoms with E-state index in [1.54, 1.807) is 0 Å². The van der Waals surface area contributed by atoms with Crippen molar-refractivity contribution in [2.24, 2.45) is 0 Å². The van der Waals surface area contributed by atoms with E-state index in [1.807, 2.05) is 0 Å². The Morgan fingerprint density at radius 2 is 2.04 bits per heavy atom. The maximum absolute atomic E-state index is 13.2. The molecule has 1 unspecified atom stereocenters. The number of nitro groups is 1. The lowest BCUT2D eigenvalue weighted by Crippen LogP contribution is -2.57. The number of nitrogens with zero attached hydrogens (tertiary/aromatic N) is 3. The lowest BCUT2D eigenvalue weighted by atomic mass is 10.2. The molecule has 0 spiro atoms. The number of hydrogen-bond donors (Lipinski definition) is 3. The molecule has 142 valence electrons. The fourth-order valence-electron chi connectivity index (χ4n) is 2.52. The Bertz CT molecular complexity index is 618. The Morgan fingerprint density at radius 3 is 2.56 bits per heavy atom. The Labute approximate surface area is 146 Å². The first-order valence-corrected chi connectivity index (χ1v) is 7.21. The quantitative estimate of drug-likeness (QED) is 0.504. The lowest BCUT2D eigenvalue weighted by Gasteiger charge is -2.35. The van der Waals surface area contributed by atoms with Gasteiger partial charge in [0.15, 0.2) is 0 Å². The molecule has 1 fully saturated rings. The fraction of sp³-hybridized carbons (Fsp3) is 0.667. The summed E-state index contributed by atoms with van der Waals surface area (Å²) in [5.41, 5.74) is -1.02. The zero-order chi connectivity index (χ0) is 17.9. The molecule has 1 amide bonds. The number of piperazine rings is 1. The summed E-state index contributed by atoms with van der Waals surface area (Å²) in [6.45, 7) is 1.88. The molecule has 0 aromatic carbocycles. The number of alkyl halides is 3. The van der Waals surface area contributed by atoms with Crippen LogP contribution in [0.25, 0.3) is 0 Å². The first-order valence-electron chi connectivity index (χ1n) is 7.21. The highest BCUT2D eigenvalue weighted by Crippen LogP contribution is 2.25. The van der Waals surface area contributed by atoms with Crippen molar-refractivity contribution in [1.82, 2.24) is 25.7 Å². The first-order chi connectivity index (χ1) is 11.2. The van der Waals surface area contributed by atoms with Crippen LogP contribution in [0, 0.1) is 17.0 Å². The highest BCUT2D eigenvalue weighted by atomic mass is 35.5. The molecule has 0 radical (unpaired) electrons. The molecule has 13 heteroatoms. The van der Waals surface area contributed by atoms with Crippen LogP contribution in [0.1, 0.15) is 16.2 Å². The summed E-state index contributed by atoms with van der Waals surface area (Å²) in [4.78, 5) is 23.3. The van der Waals surface area contributed by atoms with Crippen molar-refractivity contribution in [2.75, 3.05) is 32.7 Å². The predicted molar refractivity (Wildman–Crippen MR) is 83.8 cm³/mol. The normalized spacial score (nSPS) is 16.8. The summed E-state index contributed by atoms with van der Waals surface area (Å²) in [6, 6.07) is -1.86. The third kappa shape index (κ3) is 5.03. The number of aryl methyl sites for hydroxylation is 1. The minimum Gasteiger partial charge on any atom is -0.348 e. The molecule has 1 aromatic rings. The topological polar surface area (TPSA) is 116 Å². The second kappa shape index (κ2) is 8.45. The molecular formula is C12H18ClF3N6O3. The number of H-pyrrole nitrogens is 1. The maximum atomic E-state index is 13.2. The molecule has 9 nitrogen and oxygen atoms in total. The van der Waals surface area contributed by atoms with Gasteiger partial charge < -0.3 is 10.6 Å². The van der Waals surface area contributed by atoms with Gasteiger partial charge in [-0.2, -0.15) is 18.3 Å². The van der Waals surface area contributed by atoms with Gasteiger partial charge in [-0.15, -0.1) is 12.4 Å². The minimum atomic E-state index is -4.53. The lowest BCUT2D eigenvalue weighted by molar-refractivity contribution is -0.385. The van der Waals surface area contributed by atoms with E-state index in [0.717, 1.165) is 0 Å². The van der Waals surface area contributed by atoms with Crippen molar-refractivity contribution in [3.63, 3.8) is 0 Å². The third-order valence-corrected chi connectivity index (χ3v) is 3.74. The average Bonchev–Trinajstić information content (AvgIpc) is 2.89. The molecule has 0 bridgehead atoms. The van der Waals surface area contributed by atoms with Crippen LogP contribution >= 0.6 is 12.4 Å². The smallest absolute Gasteiger partial charge is 0.348 e. The van der Waals surface area contributed by atoms with Crippen molar-refractivity contribution in [3.8, 4) is 0 Å². The SMILES string of the molecule is Cc1[nH]nc(C(=O)NCC(N2CCNCC2)C(F)(F)F)c1[N+](=O)[O-].Cl. The van der Waals surface area contributed by atoms with Gasteiger partial charge in [-0.1, -0.05) is 0 Å². The number of nitrogens with one attached hydrogen (secondary N) is 3. The zero-order valence-corrected chi connectivity index (χ0v) is 14.0. The number of amides is 1. The highest BCUT2D eigenvalue weighted by molar-refractivity contribution is 5.96. The van der Waals surface area contributed by atoms with E-state index >= 15 is 0 Å². The molecule has 1 aliphatic rings. The molecule has 25 heavy (non-hydrogen) atoms. The predicted octanol–water partition coefficient (Wildman–Crippen LogP) is 0.614. The number of aromatic amines is 1. The Kier molecular flexibility index (Phi) is 7.14. The molecule has 1 saturated heterocycles. The first kappa shape index (κ1) is 21.1. The average molecular weight is 387 g/mol. The number of hydrogen-bond acceptors (Lipinski definition) is 6. The van der Waals surface area contributed by atoms with Crippen LogP contribution in [0.3, 0.4) is 0 Å². The van der Waals surface area contributed by atoms with Crippen molar-refractivity contribution in [2.45, 2.75) is 19.1 Å². The van der Waals surface area contributed by atoms with E-state index in [4.69, 9.17) is 0 Å². The molecular weight excluding hydrogens is 369 g/mol. The van der Waals surface area contributed by atoms with Gasteiger partial charge >= 0.3 is 11.9 Å². The van der Waals surface area contributed by atoms with Gasteiger partial charge in [-0.05, 0) is 6.92 Å². The van der Waals surface area contributed by atoms with Crippen LogP contribution in [0.4, 0.5) is 18.9 Å². The van der Waals surface area contributed by atoms with E-state index in [2.05, 4.69) is 20.8 Å². The summed E-state index contributed by atoms with van der Waals surface area (Å²) in [7, 11) is 0. The number of rotatable bonds is 5. The van der Waals surface area contributed by atoms with Crippen molar-refractivity contribution < 1.29 is 22.9 Å². The van der Waals surface area contributed by atoms with Gasteiger partial charge in [0.25, 0.3) is 5.91 Å². The van der Waals surface area contributed by atoms with E-state index in [1.165, 1.54) is 11.8 Å². The Balaban J connectivity index is 0.00000312. The van der Waals surface area contributed by atoms with Crippen LogP contribution in [-0.4, -0.2) is 70.9 Å². The van der Waals surface area contributed by atoms with E-state index in [-0.39, 0.29) is 31.2 Å². The number of aromatic nitrogens is 2. The molecule has 1 aliphatic heterocycles. The largest absolute Gasteiger partial charge is 0.405 e. The van der Waals surface area contributed by atoms with Crippen molar-refractivity contribution >= 4 is 24.0 Å². The van der Waals surface area contributed by atoms with Gasteiger partial charge in [0.2, 0.25) is 5.69 Å². The van der Waals surface area contributed by atoms with Gasteiger partial charge in [-0.25, -0.2) is 0 Å². The molecule has 0 saturated carbocycles. The van der Waals surface area contributed by atoms with E-state index < -0.39 is 41.0 Å². The maximum Gasteiger partial charge on any atom is 0.405 e. The standard InChI is InChI=1S/C12H17F3N6O3.ClH/c1-7-10(21(23)24)9(19-18-7)11(22)17-6-8(12(13,14)15)20-4-2-16-3-5-20;/h8,16H,2-6H2,1H3,(H,17,22)(H,18,19);1H. The van der Waals surface area contributed by atoms with Gasteiger partial charge in [-0.3, -0.25) is 24.9 Å². The summed E-state index contributed by atoms with van der Waals surface area (Å²) < 4.78 is 39.7. The van der Waals surface area contributed by atoms with E-state index in [0.29, 0.717) is 13.1 Å². The van der Waals surface area contributed by atoms with Crippen LogP contribution in [-0.2, 0) is 0 Å². The third-order valence-electron chi connectivity index (χ3n) is 3.74. The van der Waals surface area contributed by atoms with Gasteiger partial charge in [0, 0.05) is 32.7 Å². The van der Waals surface area contributed by atoms with Gasteiger partial charge in [0.05, 0.1) is 4.92 Å². The molecule has 0 aliphatic carbocycles. The van der Waals surface area contributed by atoms with Crippen LogP contribution in [0.2, 0.25) is 0 Å². The number of carbonyl (C=O) groups excluding carboxylic acids is 1. The molecule has 2 rings (SSSR count). The van der Waals surface area contributed by atoms with Crippen molar-refractivity contribution in [1.29, 1.82) is 0 Å². The van der Waals surface area contributed by atoms with Crippen LogP contribution in [0.15, 0.2) is 0 Å². The number of carbonyl (C=O) groups is 1. The van der Waals surface area contributed by atoms with Gasteiger partial charge in [0.1, 0.15) is 11.7 Å². The number of halogens is 4. The molecule has 3 N–H and O–H groups in total. The van der Waals surface area contributed by atoms with Crippen molar-refractivity contribution in [3.05, 3.63) is 21.5 Å². The Hall–Kier alpha value is -1.92. The summed E-state index contributed by atoms with van der Waals surface area (Å²) >= 11 is 0. The Morgan fingerprint density at radius 1 is 1.44 bits per heavy atom. The molecule has 1 atom stereocenters. The molecule has 1 aromatic heterocycles. The summed E-state index contributed by atoms with van der Waals surface area (Å²) in [5.74, 6) is -1.02. The highest BCUT2D eigenvalue weighted by Gasteiger charge is 2.44. The van der Waals surface area contributed by atoms with Crippen LogP contribution < -0.4 is 10.6 Å². The monoisotopic (exact) mass is 386 g/mol. The molecule has 2 heterocycles. The summed E-state index contributed by atoms with van der Waals surface area (Å²) in [6.07, 6.45) is -4.53. The van der Waals surface area contributed by atoms with E-state index in [9.17, 15) is 28.1 Å².